The van der Waals surface area contributed by atoms with E-state index in [1.807, 2.05) is 19.1 Å². The molecule has 100 valence electrons. The van der Waals surface area contributed by atoms with Crippen molar-refractivity contribution in [1.29, 1.82) is 0 Å². The van der Waals surface area contributed by atoms with Gasteiger partial charge in [-0.25, -0.2) is 0 Å². The third-order valence-corrected chi connectivity index (χ3v) is 3.09. The fourth-order valence-electron chi connectivity index (χ4n) is 2.09. The molecule has 0 bridgehead atoms. The highest BCUT2D eigenvalue weighted by Gasteiger charge is 2.19. The summed E-state index contributed by atoms with van der Waals surface area (Å²) in [6, 6.07) is 7.26. The smallest absolute Gasteiger partial charge is 0.166 e. The zero-order valence-corrected chi connectivity index (χ0v) is 11.3. The molecule has 2 rings (SSSR count). The molecule has 0 aliphatic carbocycles. The van der Waals surface area contributed by atoms with Gasteiger partial charge in [-0.05, 0) is 30.2 Å². The molecule has 1 atom stereocenters. The van der Waals surface area contributed by atoms with Crippen LogP contribution < -0.4 is 9.47 Å². The number of hydrogen-bond donors (Lipinski definition) is 1. The molecule has 1 aromatic heterocycles. The molecule has 0 saturated carbocycles. The van der Waals surface area contributed by atoms with Crippen LogP contribution in [0.3, 0.4) is 0 Å². The maximum Gasteiger partial charge on any atom is 0.166 e. The van der Waals surface area contributed by atoms with E-state index in [-0.39, 0.29) is 0 Å². The highest BCUT2D eigenvalue weighted by atomic mass is 16.5. The van der Waals surface area contributed by atoms with Crippen molar-refractivity contribution in [3.05, 3.63) is 53.3 Å². The van der Waals surface area contributed by atoms with Crippen molar-refractivity contribution >= 4 is 0 Å². The van der Waals surface area contributed by atoms with E-state index >= 15 is 0 Å². The van der Waals surface area contributed by atoms with Gasteiger partial charge in [-0.2, -0.15) is 0 Å². The molecule has 1 heterocycles. The summed E-state index contributed by atoms with van der Waals surface area (Å²) in [7, 11) is 3.14. The number of benzene rings is 1. The molecule has 4 nitrogen and oxygen atoms in total. The number of methoxy groups -OCH3 is 2. The van der Waals surface area contributed by atoms with Gasteiger partial charge in [-0.15, -0.1) is 0 Å². The quantitative estimate of drug-likeness (QED) is 0.916. The molecule has 1 N–H and O–H groups in total. The minimum Gasteiger partial charge on any atom is -0.493 e. The first-order valence-corrected chi connectivity index (χ1v) is 5.98. The van der Waals surface area contributed by atoms with Gasteiger partial charge in [0.25, 0.3) is 0 Å². The number of nitrogens with zero attached hydrogens (tertiary/aromatic N) is 1. The number of aryl methyl sites for hydroxylation is 1. The molecule has 0 radical (unpaired) electrons. The van der Waals surface area contributed by atoms with E-state index in [0.717, 1.165) is 11.1 Å². The highest BCUT2D eigenvalue weighted by Crippen LogP contribution is 2.37. The van der Waals surface area contributed by atoms with Crippen molar-refractivity contribution in [1.82, 2.24) is 4.98 Å². The minimum atomic E-state index is -0.770. The van der Waals surface area contributed by atoms with Gasteiger partial charge >= 0.3 is 0 Å². The second kappa shape index (κ2) is 5.71. The van der Waals surface area contributed by atoms with Gasteiger partial charge in [0.15, 0.2) is 11.5 Å². The molecule has 0 spiro atoms. The second-order valence-corrected chi connectivity index (χ2v) is 4.22. The first-order valence-electron chi connectivity index (χ1n) is 5.98. The average Bonchev–Trinajstić information content (AvgIpc) is 2.46. The van der Waals surface area contributed by atoms with Crippen LogP contribution >= 0.6 is 0 Å². The van der Waals surface area contributed by atoms with Crippen LogP contribution in [-0.2, 0) is 0 Å². The van der Waals surface area contributed by atoms with Gasteiger partial charge in [0.1, 0.15) is 6.10 Å². The largest absolute Gasteiger partial charge is 0.493 e. The Bertz CT molecular complexity index is 569. The molecule has 0 fully saturated rings. The monoisotopic (exact) mass is 259 g/mol. The highest BCUT2D eigenvalue weighted by molar-refractivity contribution is 5.50. The number of aromatic nitrogens is 1. The number of aliphatic hydroxyl groups is 1. The zero-order chi connectivity index (χ0) is 13.8. The fourth-order valence-corrected chi connectivity index (χ4v) is 2.09. The van der Waals surface area contributed by atoms with E-state index in [4.69, 9.17) is 9.47 Å². The number of pyridine rings is 1. The number of hydrogen-bond acceptors (Lipinski definition) is 4. The van der Waals surface area contributed by atoms with Gasteiger partial charge in [-0.1, -0.05) is 12.1 Å². The van der Waals surface area contributed by atoms with Crippen LogP contribution in [0.4, 0.5) is 0 Å². The first-order chi connectivity index (χ1) is 9.19. The summed E-state index contributed by atoms with van der Waals surface area (Å²) in [4.78, 5) is 4.03. The Morgan fingerprint density at radius 3 is 2.53 bits per heavy atom. The van der Waals surface area contributed by atoms with E-state index in [1.165, 1.54) is 0 Å². The molecular formula is C15H17NO3. The topological polar surface area (TPSA) is 51.6 Å². The Morgan fingerprint density at radius 2 is 1.89 bits per heavy atom. The number of para-hydroxylation sites is 1. The van der Waals surface area contributed by atoms with Gasteiger partial charge in [-0.3, -0.25) is 4.98 Å². The third-order valence-electron chi connectivity index (χ3n) is 3.09. The lowest BCUT2D eigenvalue weighted by molar-refractivity contribution is 0.212. The Kier molecular flexibility index (Phi) is 4.02. The lowest BCUT2D eigenvalue weighted by Gasteiger charge is -2.18. The summed E-state index contributed by atoms with van der Waals surface area (Å²) in [5.74, 6) is 1.15. The number of ether oxygens (including phenoxy) is 2. The maximum absolute atomic E-state index is 10.5. The molecule has 1 aromatic carbocycles. The van der Waals surface area contributed by atoms with Crippen molar-refractivity contribution in [2.24, 2.45) is 0 Å². The average molecular weight is 259 g/mol. The summed E-state index contributed by atoms with van der Waals surface area (Å²) in [5.41, 5.74) is 2.41. The summed E-state index contributed by atoms with van der Waals surface area (Å²) in [6.45, 7) is 1.91. The fraction of sp³-hybridized carbons (Fsp3) is 0.267. The molecule has 0 amide bonds. The van der Waals surface area contributed by atoms with E-state index < -0.39 is 6.10 Å². The number of aliphatic hydroxyl groups excluding tert-OH is 1. The molecule has 19 heavy (non-hydrogen) atoms. The lowest BCUT2D eigenvalue weighted by atomic mass is 9.98. The van der Waals surface area contributed by atoms with Crippen molar-refractivity contribution in [3.63, 3.8) is 0 Å². The molecular weight excluding hydrogens is 242 g/mol. The molecule has 0 saturated heterocycles. The summed E-state index contributed by atoms with van der Waals surface area (Å²) >= 11 is 0. The molecule has 2 aromatic rings. The normalized spacial score (nSPS) is 12.0. The van der Waals surface area contributed by atoms with Crippen molar-refractivity contribution in [3.8, 4) is 11.5 Å². The molecule has 4 heteroatoms. The van der Waals surface area contributed by atoms with Crippen molar-refractivity contribution < 1.29 is 14.6 Å². The van der Waals surface area contributed by atoms with Crippen LogP contribution in [0, 0.1) is 6.92 Å². The summed E-state index contributed by atoms with van der Waals surface area (Å²) in [5, 5.41) is 10.5. The molecule has 0 aliphatic rings. The predicted octanol–water partition coefficient (Wildman–Crippen LogP) is 2.49. The lowest BCUT2D eigenvalue weighted by Crippen LogP contribution is -2.05. The zero-order valence-electron chi connectivity index (χ0n) is 11.3. The van der Waals surface area contributed by atoms with E-state index in [9.17, 15) is 5.11 Å². The Labute approximate surface area is 112 Å². The molecule has 0 aliphatic heterocycles. The van der Waals surface area contributed by atoms with Gasteiger partial charge < -0.3 is 14.6 Å². The van der Waals surface area contributed by atoms with Crippen LogP contribution in [0.15, 0.2) is 36.7 Å². The van der Waals surface area contributed by atoms with Crippen LogP contribution in [0.1, 0.15) is 22.8 Å². The first kappa shape index (κ1) is 13.4. The summed E-state index contributed by atoms with van der Waals surface area (Å²) in [6.07, 6.45) is 2.62. The van der Waals surface area contributed by atoms with E-state index in [0.29, 0.717) is 17.1 Å². The Hall–Kier alpha value is -2.07. The number of rotatable bonds is 4. The van der Waals surface area contributed by atoms with Crippen molar-refractivity contribution in [2.45, 2.75) is 13.0 Å². The van der Waals surface area contributed by atoms with Crippen LogP contribution in [-0.4, -0.2) is 24.3 Å². The van der Waals surface area contributed by atoms with Crippen LogP contribution in [0.25, 0.3) is 0 Å². The Balaban J connectivity index is 2.50. The van der Waals surface area contributed by atoms with E-state index in [2.05, 4.69) is 4.98 Å². The van der Waals surface area contributed by atoms with Gasteiger partial charge in [0.05, 0.1) is 14.2 Å². The SMILES string of the molecule is COc1cccc([C@H](O)c2ccncc2C)c1OC. The summed E-state index contributed by atoms with van der Waals surface area (Å²) < 4.78 is 10.6. The van der Waals surface area contributed by atoms with Crippen LogP contribution in [0.2, 0.25) is 0 Å². The Morgan fingerprint density at radius 1 is 1.11 bits per heavy atom. The van der Waals surface area contributed by atoms with E-state index in [1.54, 1.807) is 38.7 Å². The standard InChI is InChI=1S/C15H17NO3/c1-10-9-16-8-7-11(10)14(17)12-5-4-6-13(18-2)15(12)19-3/h4-9,14,17H,1-3H3/t14-/m1/s1. The molecule has 0 unspecified atom stereocenters. The van der Waals surface area contributed by atoms with Crippen LogP contribution in [0.5, 0.6) is 11.5 Å². The van der Waals surface area contributed by atoms with Gasteiger partial charge in [0, 0.05) is 18.0 Å². The van der Waals surface area contributed by atoms with Gasteiger partial charge in [0.2, 0.25) is 0 Å². The minimum absolute atomic E-state index is 0.550. The second-order valence-electron chi connectivity index (χ2n) is 4.22. The van der Waals surface area contributed by atoms with Crippen molar-refractivity contribution in [2.75, 3.05) is 14.2 Å². The maximum atomic E-state index is 10.5. The third kappa shape index (κ3) is 2.53. The predicted molar refractivity (Wildman–Crippen MR) is 72.6 cm³/mol.